The Morgan fingerprint density at radius 2 is 1.95 bits per heavy atom. The van der Waals surface area contributed by atoms with Crippen molar-refractivity contribution in [2.45, 2.75) is 103 Å². The first kappa shape index (κ1) is 28.0. The number of fused-ring (bicyclic) bond motifs is 5. The van der Waals surface area contributed by atoms with Gasteiger partial charge in [-0.1, -0.05) is 38.8 Å². The maximum absolute atomic E-state index is 17.4. The van der Waals surface area contributed by atoms with Gasteiger partial charge in [-0.05, 0) is 70.9 Å². The van der Waals surface area contributed by atoms with Crippen molar-refractivity contribution >= 4 is 17.7 Å². The maximum Gasteiger partial charge on any atom is 0.408 e. The van der Waals surface area contributed by atoms with E-state index < -0.39 is 64.1 Å². The van der Waals surface area contributed by atoms with Crippen molar-refractivity contribution in [1.29, 1.82) is 0 Å². The fourth-order valence-corrected chi connectivity index (χ4v) is 8.65. The van der Waals surface area contributed by atoms with Gasteiger partial charge in [0.2, 0.25) is 5.78 Å². The number of carbonyl (C=O) groups is 3. The zero-order valence-electron chi connectivity index (χ0n) is 22.9. The van der Waals surface area contributed by atoms with E-state index in [1.165, 1.54) is 12.2 Å². The first-order valence-corrected chi connectivity index (χ1v) is 13.6. The molecule has 0 heterocycles. The van der Waals surface area contributed by atoms with Crippen molar-refractivity contribution in [2.75, 3.05) is 6.61 Å². The lowest BCUT2D eigenvalue weighted by atomic mass is 9.44. The van der Waals surface area contributed by atoms with Gasteiger partial charge >= 0.3 is 6.09 Å². The first-order valence-electron chi connectivity index (χ1n) is 13.6. The van der Waals surface area contributed by atoms with Gasteiger partial charge in [0.1, 0.15) is 6.61 Å². The standard InChI is InChI=1S/C29H42FNO6/c1-7-11-25(3,4)31-24(36)37-29(23(35)16-32)17(2)13-21-20-9-8-18-14-19(33)10-12-26(18,5)28(20,30)22(34)15-27(21,29)6/h10,12,14,17,20-22,32,34H,7-9,11,13,15-16H2,1-6H3,(H,31,36)/t17-,20?,21?,22-,26-,27-,28?,29+/m0/s1. The number of alkyl carbamates (subject to hydrolysis) is 1. The first-order chi connectivity index (χ1) is 17.1. The van der Waals surface area contributed by atoms with Crippen LogP contribution in [-0.4, -0.2) is 57.4 Å². The summed E-state index contributed by atoms with van der Waals surface area (Å²) in [6.07, 6.45) is 4.97. The summed E-state index contributed by atoms with van der Waals surface area (Å²) in [5, 5.41) is 24.5. The Labute approximate surface area is 218 Å². The van der Waals surface area contributed by atoms with E-state index in [2.05, 4.69) is 5.32 Å². The second-order valence-electron chi connectivity index (χ2n) is 12.9. The molecule has 0 spiro atoms. The highest BCUT2D eigenvalue weighted by atomic mass is 19.1. The Kier molecular flexibility index (Phi) is 6.81. The summed E-state index contributed by atoms with van der Waals surface area (Å²) in [6.45, 7) is 10.3. The molecule has 3 unspecified atom stereocenters. The Morgan fingerprint density at radius 3 is 2.57 bits per heavy atom. The minimum Gasteiger partial charge on any atom is -0.434 e. The molecule has 0 saturated heterocycles. The van der Waals surface area contributed by atoms with Gasteiger partial charge in [0, 0.05) is 28.2 Å². The van der Waals surface area contributed by atoms with E-state index in [1.807, 2.05) is 27.7 Å². The third kappa shape index (κ3) is 3.76. The van der Waals surface area contributed by atoms with Crippen LogP contribution in [0.4, 0.5) is 9.18 Å². The number of hydrogen-bond acceptors (Lipinski definition) is 6. The third-order valence-corrected chi connectivity index (χ3v) is 10.3. The molecule has 206 valence electrons. The van der Waals surface area contributed by atoms with Crippen LogP contribution in [0.15, 0.2) is 23.8 Å². The van der Waals surface area contributed by atoms with Crippen LogP contribution in [0.5, 0.6) is 0 Å². The minimum atomic E-state index is -2.05. The van der Waals surface area contributed by atoms with Gasteiger partial charge in [-0.2, -0.15) is 0 Å². The van der Waals surface area contributed by atoms with Crippen LogP contribution < -0.4 is 5.32 Å². The molecule has 0 bridgehead atoms. The van der Waals surface area contributed by atoms with E-state index in [4.69, 9.17) is 4.74 Å². The average molecular weight is 520 g/mol. The van der Waals surface area contributed by atoms with Gasteiger partial charge in [-0.3, -0.25) is 9.59 Å². The highest BCUT2D eigenvalue weighted by molar-refractivity contribution is 6.01. The van der Waals surface area contributed by atoms with E-state index in [1.54, 1.807) is 19.9 Å². The molecule has 8 atom stereocenters. The molecule has 0 aliphatic heterocycles. The van der Waals surface area contributed by atoms with Crippen molar-refractivity contribution in [1.82, 2.24) is 5.32 Å². The Balaban J connectivity index is 1.77. The van der Waals surface area contributed by atoms with Crippen molar-refractivity contribution in [2.24, 2.45) is 28.6 Å². The van der Waals surface area contributed by atoms with Crippen LogP contribution in [0.3, 0.4) is 0 Å². The Bertz CT molecular complexity index is 1050. The van der Waals surface area contributed by atoms with E-state index in [0.717, 1.165) is 6.42 Å². The fraction of sp³-hybridized carbons (Fsp3) is 0.759. The number of hydrogen-bond donors (Lipinski definition) is 3. The Hall–Kier alpha value is -2.06. The topological polar surface area (TPSA) is 113 Å². The quantitative estimate of drug-likeness (QED) is 0.485. The molecule has 0 radical (unpaired) electrons. The summed E-state index contributed by atoms with van der Waals surface area (Å²) in [5.41, 5.74) is -5.90. The van der Waals surface area contributed by atoms with E-state index >= 15 is 4.39 Å². The zero-order chi connectivity index (χ0) is 27.6. The smallest absolute Gasteiger partial charge is 0.408 e. The molecule has 7 nitrogen and oxygen atoms in total. The lowest BCUT2D eigenvalue weighted by Gasteiger charge is -2.62. The van der Waals surface area contributed by atoms with Crippen LogP contribution in [-0.2, 0) is 14.3 Å². The highest BCUT2D eigenvalue weighted by Gasteiger charge is 2.77. The van der Waals surface area contributed by atoms with Gasteiger partial charge in [0.05, 0.1) is 6.10 Å². The second kappa shape index (κ2) is 9.01. The minimum absolute atomic E-state index is 0.114. The van der Waals surface area contributed by atoms with Crippen molar-refractivity contribution in [3.8, 4) is 0 Å². The Morgan fingerprint density at radius 1 is 1.27 bits per heavy atom. The second-order valence-corrected chi connectivity index (χ2v) is 12.9. The molecule has 0 aromatic rings. The van der Waals surface area contributed by atoms with Gasteiger partial charge in [0.25, 0.3) is 0 Å². The number of alkyl halides is 1. The van der Waals surface area contributed by atoms with Gasteiger partial charge in [0.15, 0.2) is 17.1 Å². The average Bonchev–Trinajstić information content (AvgIpc) is 3.01. The molecule has 8 heteroatoms. The number of rotatable bonds is 6. The lowest BCUT2D eigenvalue weighted by molar-refractivity contribution is -0.219. The van der Waals surface area contributed by atoms with Crippen molar-refractivity contribution in [3.05, 3.63) is 23.8 Å². The molecule has 37 heavy (non-hydrogen) atoms. The number of nitrogens with one attached hydrogen (secondary N) is 1. The maximum atomic E-state index is 17.4. The molecule has 4 aliphatic rings. The molecule has 3 N–H and O–H groups in total. The summed E-state index contributed by atoms with van der Waals surface area (Å²) in [6, 6.07) is 0. The van der Waals surface area contributed by atoms with Crippen LogP contribution in [0, 0.1) is 28.6 Å². The fourth-order valence-electron chi connectivity index (χ4n) is 8.65. The van der Waals surface area contributed by atoms with E-state index in [9.17, 15) is 24.6 Å². The number of carbonyl (C=O) groups excluding carboxylic acids is 3. The van der Waals surface area contributed by atoms with Crippen molar-refractivity contribution in [3.63, 3.8) is 0 Å². The summed E-state index contributed by atoms with van der Waals surface area (Å²) in [4.78, 5) is 38.8. The molecule has 3 saturated carbocycles. The van der Waals surface area contributed by atoms with Gasteiger partial charge < -0.3 is 20.3 Å². The van der Waals surface area contributed by atoms with Crippen LogP contribution in [0.1, 0.15) is 80.1 Å². The summed E-state index contributed by atoms with van der Waals surface area (Å²) < 4.78 is 23.5. The lowest BCUT2D eigenvalue weighted by Crippen LogP contribution is -2.70. The summed E-state index contributed by atoms with van der Waals surface area (Å²) >= 11 is 0. The number of allylic oxidation sites excluding steroid dienone is 4. The molecule has 4 aliphatic carbocycles. The molecular formula is C29H42FNO6. The predicted molar refractivity (Wildman–Crippen MR) is 136 cm³/mol. The van der Waals surface area contributed by atoms with E-state index in [-0.39, 0.29) is 18.1 Å². The zero-order valence-corrected chi connectivity index (χ0v) is 22.9. The normalized spacial score (nSPS) is 42.8. The van der Waals surface area contributed by atoms with E-state index in [0.29, 0.717) is 31.3 Å². The number of aliphatic hydroxyl groups is 2. The molecule has 3 fully saturated rings. The SMILES string of the molecule is CCCC(C)(C)NC(=O)O[C@@]1(C(=O)CO)[C@@H](C)CC2C3CCC4=CC(=O)C=C[C@]4(C)C3(F)[C@@H](O)C[C@@]21C. The monoisotopic (exact) mass is 519 g/mol. The summed E-state index contributed by atoms with van der Waals surface area (Å²) in [7, 11) is 0. The van der Waals surface area contributed by atoms with Gasteiger partial charge in [-0.15, -0.1) is 0 Å². The van der Waals surface area contributed by atoms with Crippen LogP contribution in [0.25, 0.3) is 0 Å². The summed E-state index contributed by atoms with van der Waals surface area (Å²) in [5.74, 6) is -2.31. The molecule has 4 rings (SSSR count). The van der Waals surface area contributed by atoms with Gasteiger partial charge in [-0.25, -0.2) is 9.18 Å². The number of Topliss-reactive ketones (excluding diaryl/α,β-unsaturated/α-hetero) is 1. The highest BCUT2D eigenvalue weighted by Crippen LogP contribution is 2.71. The third-order valence-electron chi connectivity index (χ3n) is 10.3. The largest absolute Gasteiger partial charge is 0.434 e. The number of halogens is 1. The van der Waals surface area contributed by atoms with Crippen molar-refractivity contribution < 1.29 is 33.7 Å². The predicted octanol–water partition coefficient (Wildman–Crippen LogP) is 4.21. The molecule has 1 amide bonds. The molecule has 0 aromatic heterocycles. The molecule has 0 aromatic carbocycles. The molecular weight excluding hydrogens is 477 g/mol. The van der Waals surface area contributed by atoms with Crippen LogP contribution >= 0.6 is 0 Å². The number of ether oxygens (including phenoxy) is 1. The number of ketones is 2. The number of aliphatic hydroxyl groups excluding tert-OH is 2. The van der Waals surface area contributed by atoms with Crippen LogP contribution in [0.2, 0.25) is 0 Å². The number of amides is 1.